The minimum absolute atomic E-state index is 0.153. The van der Waals surface area contributed by atoms with E-state index >= 15 is 0 Å². The van der Waals surface area contributed by atoms with Gasteiger partial charge in [-0.25, -0.2) is 0 Å². The van der Waals surface area contributed by atoms with Crippen LogP contribution >= 0.6 is 0 Å². The number of aliphatic carboxylic acids is 1. The van der Waals surface area contributed by atoms with Crippen molar-refractivity contribution < 1.29 is 14.7 Å². The summed E-state index contributed by atoms with van der Waals surface area (Å²) in [5.74, 6) is 0.341. The van der Waals surface area contributed by atoms with Gasteiger partial charge in [0.2, 0.25) is 5.91 Å². The van der Waals surface area contributed by atoms with E-state index < -0.39 is 5.97 Å². The molecule has 3 aromatic carbocycles. The van der Waals surface area contributed by atoms with E-state index in [9.17, 15) is 9.59 Å². The van der Waals surface area contributed by atoms with Gasteiger partial charge < -0.3 is 10.0 Å². The Morgan fingerprint density at radius 2 is 1.56 bits per heavy atom. The number of carboxylic acids is 1. The molecule has 5 rings (SSSR count). The Balaban J connectivity index is 1.24. The second kappa shape index (κ2) is 9.84. The van der Waals surface area contributed by atoms with Crippen molar-refractivity contribution >= 4 is 17.6 Å². The van der Waals surface area contributed by atoms with E-state index in [2.05, 4.69) is 42.5 Å². The number of anilines is 1. The Morgan fingerprint density at radius 3 is 2.26 bits per heavy atom. The summed E-state index contributed by atoms with van der Waals surface area (Å²) in [5.41, 5.74) is 7.07. The molecule has 0 unspecified atom stereocenters. The Labute approximate surface area is 201 Å². The SMILES string of the molecule is O=C(O)CC1CCC(c2ccc(-c3ccc4c(c3)CCN4C(=O)Cc3ccccc3)cc2)CC1. The molecule has 3 aromatic rings. The molecule has 1 amide bonds. The maximum Gasteiger partial charge on any atom is 0.303 e. The molecule has 0 aromatic heterocycles. The predicted molar refractivity (Wildman–Crippen MR) is 135 cm³/mol. The molecule has 1 aliphatic heterocycles. The number of rotatable bonds is 6. The molecule has 0 radical (unpaired) electrons. The molecule has 4 heteroatoms. The number of carboxylic acid groups (broad SMARTS) is 1. The first kappa shape index (κ1) is 22.4. The predicted octanol–water partition coefficient (Wildman–Crippen LogP) is 6.23. The monoisotopic (exact) mass is 453 g/mol. The number of hydrogen-bond donors (Lipinski definition) is 1. The summed E-state index contributed by atoms with van der Waals surface area (Å²) in [4.78, 5) is 25.8. The summed E-state index contributed by atoms with van der Waals surface area (Å²) in [6, 6.07) is 25.3. The molecule has 0 atom stereocenters. The molecular weight excluding hydrogens is 422 g/mol. The summed E-state index contributed by atoms with van der Waals surface area (Å²) in [6.07, 6.45) is 5.78. The Morgan fingerprint density at radius 1 is 0.853 bits per heavy atom. The number of hydrogen-bond acceptors (Lipinski definition) is 2. The van der Waals surface area contributed by atoms with Crippen LogP contribution in [0.3, 0.4) is 0 Å². The molecule has 1 N–H and O–H groups in total. The lowest BCUT2D eigenvalue weighted by Gasteiger charge is -2.28. The summed E-state index contributed by atoms with van der Waals surface area (Å²) >= 11 is 0. The van der Waals surface area contributed by atoms with Crippen LogP contribution in [0.25, 0.3) is 11.1 Å². The second-order valence-corrected chi connectivity index (χ2v) is 9.74. The van der Waals surface area contributed by atoms with Crippen LogP contribution in [-0.2, 0) is 22.4 Å². The molecule has 1 heterocycles. The minimum Gasteiger partial charge on any atom is -0.481 e. The number of fused-ring (bicyclic) bond motifs is 1. The van der Waals surface area contributed by atoms with E-state index in [-0.39, 0.29) is 5.91 Å². The molecule has 0 spiro atoms. The van der Waals surface area contributed by atoms with Crippen molar-refractivity contribution in [2.24, 2.45) is 5.92 Å². The molecule has 174 valence electrons. The van der Waals surface area contributed by atoms with Gasteiger partial charge in [0.15, 0.2) is 0 Å². The van der Waals surface area contributed by atoms with Crippen molar-refractivity contribution in [2.75, 3.05) is 11.4 Å². The molecule has 4 nitrogen and oxygen atoms in total. The quantitative estimate of drug-likeness (QED) is 0.481. The largest absolute Gasteiger partial charge is 0.481 e. The van der Waals surface area contributed by atoms with Gasteiger partial charge in [0.25, 0.3) is 0 Å². The third-order valence-corrected chi connectivity index (χ3v) is 7.50. The lowest BCUT2D eigenvalue weighted by Crippen LogP contribution is -2.30. The van der Waals surface area contributed by atoms with Crippen molar-refractivity contribution in [2.45, 2.75) is 50.9 Å². The molecule has 0 bridgehead atoms. The first-order chi connectivity index (χ1) is 16.6. The molecule has 2 aliphatic rings. The van der Waals surface area contributed by atoms with E-state index in [1.807, 2.05) is 35.2 Å². The number of amides is 1. The molecule has 0 saturated heterocycles. The van der Waals surface area contributed by atoms with E-state index in [0.717, 1.165) is 49.9 Å². The van der Waals surface area contributed by atoms with Gasteiger partial charge in [-0.2, -0.15) is 0 Å². The lowest BCUT2D eigenvalue weighted by molar-refractivity contribution is -0.138. The van der Waals surface area contributed by atoms with Crippen LogP contribution < -0.4 is 4.90 Å². The van der Waals surface area contributed by atoms with Crippen molar-refractivity contribution in [1.29, 1.82) is 0 Å². The van der Waals surface area contributed by atoms with Gasteiger partial charge in [0.1, 0.15) is 0 Å². The fraction of sp³-hybridized carbons (Fsp3) is 0.333. The molecule has 1 fully saturated rings. The molecule has 1 saturated carbocycles. The highest BCUT2D eigenvalue weighted by Crippen LogP contribution is 2.38. The standard InChI is InChI=1S/C30H31NO3/c32-29(18-21-4-2-1-3-5-21)31-17-16-27-20-26(14-15-28(27)31)25-12-10-24(11-13-25)23-8-6-22(7-9-23)19-30(33)34/h1-5,10-15,20,22-23H,6-9,16-19H2,(H,33,34). The zero-order valence-electron chi connectivity index (χ0n) is 19.5. The van der Waals surface area contributed by atoms with Gasteiger partial charge in [-0.3, -0.25) is 9.59 Å². The highest BCUT2D eigenvalue weighted by Gasteiger charge is 2.26. The molecule has 34 heavy (non-hydrogen) atoms. The van der Waals surface area contributed by atoms with Gasteiger partial charge in [-0.15, -0.1) is 0 Å². The van der Waals surface area contributed by atoms with Crippen molar-refractivity contribution in [1.82, 2.24) is 0 Å². The van der Waals surface area contributed by atoms with Crippen molar-refractivity contribution in [3.8, 4) is 11.1 Å². The first-order valence-corrected chi connectivity index (χ1v) is 12.4. The average Bonchev–Trinajstić information content (AvgIpc) is 3.28. The number of carbonyl (C=O) groups excluding carboxylic acids is 1. The van der Waals surface area contributed by atoms with Crippen LogP contribution in [-0.4, -0.2) is 23.5 Å². The van der Waals surface area contributed by atoms with Crippen molar-refractivity contribution in [3.63, 3.8) is 0 Å². The smallest absolute Gasteiger partial charge is 0.303 e. The topological polar surface area (TPSA) is 57.6 Å². The van der Waals surface area contributed by atoms with E-state index in [1.165, 1.54) is 22.3 Å². The van der Waals surface area contributed by atoms with Crippen LogP contribution in [0.2, 0.25) is 0 Å². The Bertz CT molecular complexity index is 1160. The van der Waals surface area contributed by atoms with E-state index in [4.69, 9.17) is 5.11 Å². The van der Waals surface area contributed by atoms with Crippen LogP contribution in [0, 0.1) is 5.92 Å². The van der Waals surface area contributed by atoms with Crippen LogP contribution in [0.1, 0.15) is 54.7 Å². The summed E-state index contributed by atoms with van der Waals surface area (Å²) < 4.78 is 0. The van der Waals surface area contributed by atoms with Gasteiger partial charge in [0.05, 0.1) is 6.42 Å². The van der Waals surface area contributed by atoms with Crippen molar-refractivity contribution in [3.05, 3.63) is 89.5 Å². The van der Waals surface area contributed by atoms with Crippen LogP contribution in [0.4, 0.5) is 5.69 Å². The van der Waals surface area contributed by atoms with Gasteiger partial charge in [-0.1, -0.05) is 60.7 Å². The Kier molecular flexibility index (Phi) is 6.48. The van der Waals surface area contributed by atoms with Gasteiger partial charge in [-0.05, 0) is 83.9 Å². The third-order valence-electron chi connectivity index (χ3n) is 7.50. The highest BCUT2D eigenvalue weighted by atomic mass is 16.4. The fourth-order valence-corrected chi connectivity index (χ4v) is 5.60. The van der Waals surface area contributed by atoms with Crippen LogP contribution in [0.15, 0.2) is 72.8 Å². The average molecular weight is 454 g/mol. The van der Waals surface area contributed by atoms with E-state index in [0.29, 0.717) is 24.7 Å². The van der Waals surface area contributed by atoms with Crippen LogP contribution in [0.5, 0.6) is 0 Å². The molecular formula is C30H31NO3. The third kappa shape index (κ3) is 4.91. The van der Waals surface area contributed by atoms with Gasteiger partial charge >= 0.3 is 5.97 Å². The minimum atomic E-state index is -0.675. The number of carbonyl (C=O) groups is 2. The number of nitrogens with zero attached hydrogens (tertiary/aromatic N) is 1. The zero-order chi connectivity index (χ0) is 23.5. The normalized spacial score (nSPS) is 19.6. The maximum absolute atomic E-state index is 12.9. The summed E-state index contributed by atoms with van der Waals surface area (Å²) in [5, 5.41) is 9.03. The number of benzene rings is 3. The fourth-order valence-electron chi connectivity index (χ4n) is 5.60. The lowest BCUT2D eigenvalue weighted by atomic mass is 9.77. The Hall–Kier alpha value is -3.40. The summed E-state index contributed by atoms with van der Waals surface area (Å²) in [6.45, 7) is 0.744. The zero-order valence-corrected chi connectivity index (χ0v) is 19.5. The summed E-state index contributed by atoms with van der Waals surface area (Å²) in [7, 11) is 0. The molecule has 1 aliphatic carbocycles. The maximum atomic E-state index is 12.9. The second-order valence-electron chi connectivity index (χ2n) is 9.74. The first-order valence-electron chi connectivity index (χ1n) is 12.4. The van der Waals surface area contributed by atoms with E-state index in [1.54, 1.807) is 0 Å². The van der Waals surface area contributed by atoms with Gasteiger partial charge in [0, 0.05) is 18.7 Å². The highest BCUT2D eigenvalue weighted by molar-refractivity contribution is 5.97.